The Bertz CT molecular complexity index is 1330. The van der Waals surface area contributed by atoms with Crippen LogP contribution < -0.4 is 10.9 Å². The number of rotatable bonds is 8. The molecule has 5 aromatic rings. The Morgan fingerprint density at radius 3 is 1.84 bits per heavy atom. The minimum atomic E-state index is 0.308. The number of imidazole rings is 1. The summed E-state index contributed by atoms with van der Waals surface area (Å²) in [4.78, 5) is 4.48. The second kappa shape index (κ2) is 13.5. The van der Waals surface area contributed by atoms with E-state index < -0.39 is 0 Å². The van der Waals surface area contributed by atoms with Gasteiger partial charge in [-0.1, -0.05) is 133 Å². The molecule has 37 heavy (non-hydrogen) atoms. The lowest BCUT2D eigenvalue weighted by atomic mass is 9.37. The van der Waals surface area contributed by atoms with Crippen LogP contribution in [0, 0.1) is 0 Å². The first-order valence-electron chi connectivity index (χ1n) is 12.6. The normalized spacial score (nSPS) is 10.3. The molecule has 0 aliphatic heterocycles. The van der Waals surface area contributed by atoms with E-state index in [1.54, 1.807) is 0 Å². The summed E-state index contributed by atoms with van der Waals surface area (Å²) in [5, 5.41) is 0.770. The summed E-state index contributed by atoms with van der Waals surface area (Å²) in [6.45, 7) is 7.46. The van der Waals surface area contributed by atoms with Crippen LogP contribution in [0.5, 0.6) is 0 Å². The van der Waals surface area contributed by atoms with Crippen molar-refractivity contribution in [2.45, 2.75) is 26.3 Å². The minimum absolute atomic E-state index is 0.308. The van der Waals surface area contributed by atoms with Gasteiger partial charge in [0.15, 0.2) is 0 Å². The van der Waals surface area contributed by atoms with E-state index in [0.29, 0.717) is 6.71 Å². The Hall–Kier alpha value is -3.82. The second-order valence-corrected chi connectivity index (χ2v) is 9.61. The van der Waals surface area contributed by atoms with Crippen molar-refractivity contribution in [3.8, 4) is 0 Å². The van der Waals surface area contributed by atoms with E-state index in [-0.39, 0.29) is 0 Å². The predicted molar refractivity (Wildman–Crippen MR) is 159 cm³/mol. The summed E-state index contributed by atoms with van der Waals surface area (Å²) in [7, 11) is 0. The maximum Gasteiger partial charge on any atom is 0.236 e. The topological polar surface area (TPSA) is 17.8 Å². The first kappa shape index (κ1) is 26.3. The lowest BCUT2D eigenvalue weighted by Gasteiger charge is -2.14. The van der Waals surface area contributed by atoms with Gasteiger partial charge in [0.25, 0.3) is 0 Å². The predicted octanol–water partition coefficient (Wildman–Crippen LogP) is 6.78. The van der Waals surface area contributed by atoms with Crippen molar-refractivity contribution in [1.29, 1.82) is 0 Å². The van der Waals surface area contributed by atoms with E-state index in [2.05, 4.69) is 108 Å². The highest BCUT2D eigenvalue weighted by molar-refractivity contribution is 6.90. The zero-order valence-corrected chi connectivity index (χ0v) is 22.1. The van der Waals surface area contributed by atoms with Gasteiger partial charge in [0.05, 0.1) is 0 Å². The van der Waals surface area contributed by atoms with Crippen molar-refractivity contribution in [1.82, 2.24) is 9.55 Å². The quantitative estimate of drug-likeness (QED) is 0.214. The summed E-state index contributed by atoms with van der Waals surface area (Å²) in [5.74, 6) is 1.09. The Labute approximate surface area is 226 Å². The van der Waals surface area contributed by atoms with Crippen LogP contribution in [-0.2, 0) is 19.4 Å². The Balaban J connectivity index is 0.000000180. The van der Waals surface area contributed by atoms with E-state index in [0.717, 1.165) is 30.2 Å². The van der Waals surface area contributed by atoms with Gasteiger partial charge >= 0.3 is 0 Å². The SMILES string of the molecule is C=C(C)B(c1ccccc1)c1ccccc1.Clc1ccc(Cc2nccn2CCc2ccccc2)cc1. The van der Waals surface area contributed by atoms with Crippen LogP contribution in [0.2, 0.25) is 5.02 Å². The third-order valence-corrected chi connectivity index (χ3v) is 6.57. The van der Waals surface area contributed by atoms with Crippen molar-refractivity contribution in [2.75, 3.05) is 0 Å². The zero-order chi connectivity index (χ0) is 25.9. The molecule has 0 radical (unpaired) electrons. The van der Waals surface area contributed by atoms with Gasteiger partial charge in [-0.05, 0) is 29.7 Å². The van der Waals surface area contributed by atoms with E-state index >= 15 is 0 Å². The molecule has 0 N–H and O–H groups in total. The van der Waals surface area contributed by atoms with Gasteiger partial charge in [0.1, 0.15) is 5.82 Å². The molecule has 0 aliphatic carbocycles. The van der Waals surface area contributed by atoms with Crippen LogP contribution in [-0.4, -0.2) is 16.3 Å². The van der Waals surface area contributed by atoms with Crippen LogP contribution in [0.25, 0.3) is 0 Å². The third-order valence-electron chi connectivity index (χ3n) is 6.32. The average Bonchev–Trinajstić information content (AvgIpc) is 3.38. The second-order valence-electron chi connectivity index (χ2n) is 9.18. The summed E-state index contributed by atoms with van der Waals surface area (Å²) >= 11 is 5.92. The van der Waals surface area contributed by atoms with Gasteiger partial charge in [0, 0.05) is 30.4 Å². The van der Waals surface area contributed by atoms with E-state index in [1.807, 2.05) is 42.7 Å². The smallest absolute Gasteiger partial charge is 0.236 e. The number of allylic oxidation sites excluding steroid dienone is 1. The first-order valence-corrected chi connectivity index (χ1v) is 13.0. The molecule has 5 rings (SSSR count). The third kappa shape index (κ3) is 7.83. The molecule has 0 unspecified atom stereocenters. The van der Waals surface area contributed by atoms with Gasteiger partial charge in [0.2, 0.25) is 6.71 Å². The van der Waals surface area contributed by atoms with Crippen LogP contribution in [0.1, 0.15) is 23.9 Å². The molecule has 2 nitrogen and oxygen atoms in total. The molecule has 0 atom stereocenters. The molecule has 0 aliphatic rings. The standard InChI is InChI=1S/C18H17ClN2.C15H15B/c19-17-8-6-16(7-9-17)14-18-20-11-13-21(18)12-10-15-4-2-1-3-5-15;1-13(2)16(14-9-5-3-6-10-14)15-11-7-4-8-12-15/h1-9,11,13H,10,12,14H2;3-12H,1H2,2H3. The van der Waals surface area contributed by atoms with Gasteiger partial charge in [-0.3, -0.25) is 0 Å². The summed E-state index contributed by atoms with van der Waals surface area (Å²) in [6, 6.07) is 39.5. The number of halogens is 1. The number of aryl methyl sites for hydroxylation is 2. The number of nitrogens with zero attached hydrogens (tertiary/aromatic N) is 2. The summed E-state index contributed by atoms with van der Waals surface area (Å²) in [5.41, 5.74) is 6.37. The minimum Gasteiger partial charge on any atom is -0.334 e. The van der Waals surface area contributed by atoms with Crippen LogP contribution in [0.15, 0.2) is 140 Å². The number of benzene rings is 4. The number of hydrogen-bond acceptors (Lipinski definition) is 1. The molecule has 0 saturated carbocycles. The number of hydrogen-bond donors (Lipinski definition) is 0. The molecule has 0 fully saturated rings. The van der Waals surface area contributed by atoms with Crippen molar-refractivity contribution < 1.29 is 0 Å². The van der Waals surface area contributed by atoms with Crippen LogP contribution in [0.4, 0.5) is 0 Å². The molecule has 0 bridgehead atoms. The lowest BCUT2D eigenvalue weighted by Crippen LogP contribution is -2.43. The highest BCUT2D eigenvalue weighted by atomic mass is 35.5. The average molecular weight is 503 g/mol. The van der Waals surface area contributed by atoms with Gasteiger partial charge in [-0.2, -0.15) is 0 Å². The van der Waals surface area contributed by atoms with Crippen molar-refractivity contribution in [3.63, 3.8) is 0 Å². The molecule has 0 saturated heterocycles. The fraction of sp³-hybridized carbons (Fsp3) is 0.121. The van der Waals surface area contributed by atoms with E-state index in [9.17, 15) is 0 Å². The molecule has 4 heteroatoms. The largest absolute Gasteiger partial charge is 0.334 e. The fourth-order valence-electron chi connectivity index (χ4n) is 4.44. The molecule has 1 aromatic heterocycles. The van der Waals surface area contributed by atoms with E-state index in [1.165, 1.54) is 27.5 Å². The summed E-state index contributed by atoms with van der Waals surface area (Å²) < 4.78 is 2.22. The Morgan fingerprint density at radius 1 is 0.757 bits per heavy atom. The highest BCUT2D eigenvalue weighted by Crippen LogP contribution is 2.13. The maximum atomic E-state index is 5.92. The Kier molecular flexibility index (Phi) is 9.57. The molecular weight excluding hydrogens is 471 g/mol. The monoisotopic (exact) mass is 502 g/mol. The molecule has 1 heterocycles. The molecule has 184 valence electrons. The van der Waals surface area contributed by atoms with Crippen molar-refractivity contribution in [3.05, 3.63) is 162 Å². The fourth-order valence-corrected chi connectivity index (χ4v) is 4.57. The van der Waals surface area contributed by atoms with Crippen LogP contribution in [0.3, 0.4) is 0 Å². The first-order chi connectivity index (χ1) is 18.1. The molecule has 0 spiro atoms. The van der Waals surface area contributed by atoms with Gasteiger partial charge in [-0.25, -0.2) is 4.98 Å². The molecule has 0 amide bonds. The van der Waals surface area contributed by atoms with E-state index in [4.69, 9.17) is 11.6 Å². The van der Waals surface area contributed by atoms with Crippen LogP contribution >= 0.6 is 11.6 Å². The van der Waals surface area contributed by atoms with Crippen molar-refractivity contribution >= 4 is 29.2 Å². The molecule has 4 aromatic carbocycles. The number of aromatic nitrogens is 2. The maximum absolute atomic E-state index is 5.92. The lowest BCUT2D eigenvalue weighted by molar-refractivity contribution is 0.661. The Morgan fingerprint density at radius 2 is 1.30 bits per heavy atom. The zero-order valence-electron chi connectivity index (χ0n) is 21.3. The van der Waals surface area contributed by atoms with Crippen molar-refractivity contribution in [2.24, 2.45) is 0 Å². The van der Waals surface area contributed by atoms with Gasteiger partial charge < -0.3 is 4.57 Å². The molecular formula is C33H32BClN2. The summed E-state index contributed by atoms with van der Waals surface area (Å²) in [6.07, 6.45) is 5.77. The highest BCUT2D eigenvalue weighted by Gasteiger charge is 2.18. The van der Waals surface area contributed by atoms with Gasteiger partial charge in [-0.15, -0.1) is 12.1 Å².